The number of sulfone groups is 1. The summed E-state index contributed by atoms with van der Waals surface area (Å²) in [6.45, 7) is 0.167. The zero-order valence-electron chi connectivity index (χ0n) is 16.4. The highest BCUT2D eigenvalue weighted by atomic mass is 32.2. The van der Waals surface area contributed by atoms with Crippen molar-refractivity contribution in [1.82, 2.24) is 4.98 Å². The first-order valence-corrected chi connectivity index (χ1v) is 11.7. The van der Waals surface area contributed by atoms with Crippen LogP contribution >= 0.6 is 0 Å². The molecule has 1 aliphatic heterocycles. The van der Waals surface area contributed by atoms with E-state index in [1.165, 1.54) is 0 Å². The second kappa shape index (κ2) is 8.12. The van der Waals surface area contributed by atoms with Gasteiger partial charge in [0, 0.05) is 11.6 Å². The van der Waals surface area contributed by atoms with E-state index in [-0.39, 0.29) is 30.6 Å². The number of carbonyl (C=O) groups excluding carboxylic acids is 1. The van der Waals surface area contributed by atoms with Gasteiger partial charge in [0.25, 0.3) is 5.91 Å². The van der Waals surface area contributed by atoms with Crippen LogP contribution in [0, 0.1) is 0 Å². The Morgan fingerprint density at radius 2 is 1.83 bits per heavy atom. The summed E-state index contributed by atoms with van der Waals surface area (Å²) in [5.74, 6) is 0.607. The molecule has 0 aliphatic carbocycles. The van der Waals surface area contributed by atoms with Crippen molar-refractivity contribution < 1.29 is 23.1 Å². The van der Waals surface area contributed by atoms with Gasteiger partial charge in [-0.1, -0.05) is 12.1 Å². The number of aliphatic hydroxyl groups is 1. The van der Waals surface area contributed by atoms with Crippen molar-refractivity contribution in [3.8, 4) is 16.9 Å². The number of aromatic nitrogens is 1. The van der Waals surface area contributed by atoms with Gasteiger partial charge in [0.1, 0.15) is 22.2 Å². The molecule has 1 amide bonds. The Morgan fingerprint density at radius 1 is 1.13 bits per heavy atom. The minimum atomic E-state index is -2.96. The lowest BCUT2D eigenvalue weighted by Crippen LogP contribution is -2.22. The number of benzene rings is 2. The molecule has 0 atom stereocenters. The van der Waals surface area contributed by atoms with E-state index in [9.17, 15) is 13.2 Å². The van der Waals surface area contributed by atoms with Gasteiger partial charge in [0.05, 0.1) is 29.2 Å². The Hall–Kier alpha value is -2.84. The van der Waals surface area contributed by atoms with Crippen LogP contribution in [-0.2, 0) is 9.84 Å². The maximum atomic E-state index is 12.1. The molecule has 7 nitrogen and oxygen atoms in total. The lowest BCUT2D eigenvalue weighted by Gasteiger charge is -2.21. The van der Waals surface area contributed by atoms with E-state index in [1.54, 1.807) is 6.07 Å². The van der Waals surface area contributed by atoms with E-state index >= 15 is 0 Å². The Bertz CT molecular complexity index is 1170. The molecule has 0 bridgehead atoms. The molecule has 0 spiro atoms. The number of hydrogen-bond acceptors (Lipinski definition) is 5. The molecular weight excluding hydrogens is 404 g/mol. The number of fused-ring (bicyclic) bond motifs is 1. The predicted octanol–water partition coefficient (Wildman–Crippen LogP) is 2.60. The number of carbonyl (C=O) groups is 1. The van der Waals surface area contributed by atoms with Crippen LogP contribution in [0.5, 0.6) is 5.75 Å². The van der Waals surface area contributed by atoms with E-state index in [2.05, 4.69) is 4.98 Å². The third kappa shape index (κ3) is 4.06. The first-order valence-electron chi connectivity index (χ1n) is 9.87. The molecule has 1 saturated heterocycles. The molecule has 0 radical (unpaired) electrons. The maximum Gasteiger partial charge on any atom is 0.250 e. The third-order valence-electron chi connectivity index (χ3n) is 5.63. The van der Waals surface area contributed by atoms with Crippen molar-refractivity contribution in [3.05, 3.63) is 53.7 Å². The average Bonchev–Trinajstić information content (AvgIpc) is 3.16. The van der Waals surface area contributed by atoms with Gasteiger partial charge in [-0.15, -0.1) is 0 Å². The van der Waals surface area contributed by atoms with Gasteiger partial charge >= 0.3 is 0 Å². The number of nitrogens with two attached hydrogens (primary N) is 1. The van der Waals surface area contributed by atoms with E-state index < -0.39 is 15.7 Å². The molecule has 2 heterocycles. The Labute approximate surface area is 174 Å². The molecule has 158 valence electrons. The molecule has 1 aromatic heterocycles. The van der Waals surface area contributed by atoms with E-state index in [0.29, 0.717) is 29.7 Å². The number of amides is 1. The fourth-order valence-corrected chi connectivity index (χ4v) is 5.55. The SMILES string of the molecule is NC(=O)c1cc(-c2ccc(OCCO)cc2)cc2c(C3CCS(=O)(=O)CC3)c[nH]c12. The number of primary amides is 1. The molecule has 30 heavy (non-hydrogen) atoms. The van der Waals surface area contributed by atoms with Gasteiger partial charge in [-0.3, -0.25) is 4.79 Å². The molecule has 0 saturated carbocycles. The number of aromatic amines is 1. The highest BCUT2D eigenvalue weighted by Gasteiger charge is 2.27. The number of ether oxygens (including phenoxy) is 1. The topological polar surface area (TPSA) is 122 Å². The summed E-state index contributed by atoms with van der Waals surface area (Å²) in [7, 11) is -2.96. The number of aliphatic hydroxyl groups excluding tert-OH is 1. The number of hydrogen-bond donors (Lipinski definition) is 3. The summed E-state index contributed by atoms with van der Waals surface area (Å²) in [5, 5.41) is 9.77. The summed E-state index contributed by atoms with van der Waals surface area (Å²) >= 11 is 0. The van der Waals surface area contributed by atoms with Crippen LogP contribution in [-0.4, -0.2) is 49.1 Å². The monoisotopic (exact) mass is 428 g/mol. The minimum absolute atomic E-state index is 0.0564. The quantitative estimate of drug-likeness (QED) is 0.557. The fraction of sp³-hybridized carbons (Fsp3) is 0.318. The second-order valence-corrected chi connectivity index (χ2v) is 9.88. The summed E-state index contributed by atoms with van der Waals surface area (Å²) in [5.41, 5.74) is 9.49. The van der Waals surface area contributed by atoms with Crippen molar-refractivity contribution in [3.63, 3.8) is 0 Å². The Balaban J connectivity index is 1.75. The summed E-state index contributed by atoms with van der Waals surface area (Å²) in [4.78, 5) is 15.3. The van der Waals surface area contributed by atoms with E-state index in [0.717, 1.165) is 22.1 Å². The highest BCUT2D eigenvalue weighted by molar-refractivity contribution is 7.91. The first kappa shape index (κ1) is 20.4. The van der Waals surface area contributed by atoms with Crippen molar-refractivity contribution in [2.45, 2.75) is 18.8 Å². The smallest absolute Gasteiger partial charge is 0.250 e. The van der Waals surface area contributed by atoms with Gasteiger partial charge in [0.2, 0.25) is 0 Å². The molecular formula is C22H24N2O5S. The van der Waals surface area contributed by atoms with Gasteiger partial charge in [-0.25, -0.2) is 8.42 Å². The molecule has 8 heteroatoms. The van der Waals surface area contributed by atoms with Crippen molar-refractivity contribution in [2.24, 2.45) is 5.73 Å². The lowest BCUT2D eigenvalue weighted by atomic mass is 9.91. The van der Waals surface area contributed by atoms with E-state index in [4.69, 9.17) is 15.6 Å². The molecule has 1 aliphatic rings. The summed E-state index contributed by atoms with van der Waals surface area (Å²) in [6, 6.07) is 11.2. The molecule has 2 aromatic carbocycles. The summed E-state index contributed by atoms with van der Waals surface area (Å²) in [6.07, 6.45) is 3.01. The number of nitrogens with one attached hydrogen (secondary N) is 1. The second-order valence-electron chi connectivity index (χ2n) is 7.58. The number of rotatable bonds is 6. The van der Waals surface area contributed by atoms with Crippen LogP contribution in [0.1, 0.15) is 34.7 Å². The van der Waals surface area contributed by atoms with Gasteiger partial charge in [0.15, 0.2) is 0 Å². The fourth-order valence-electron chi connectivity index (χ4n) is 4.06. The molecule has 3 aromatic rings. The standard InChI is InChI=1S/C22H24N2O5S/c23-22(26)19-12-16(14-1-3-17(4-2-14)29-8-7-25)11-18-20(13-24-21(18)19)15-5-9-30(27,28)10-6-15/h1-4,11-13,15,24-25H,5-10H2,(H2,23,26). The first-order chi connectivity index (χ1) is 14.4. The van der Waals surface area contributed by atoms with Crippen LogP contribution in [0.3, 0.4) is 0 Å². The van der Waals surface area contributed by atoms with Gasteiger partial charge in [-0.05, 0) is 59.7 Å². The van der Waals surface area contributed by atoms with Crippen LogP contribution < -0.4 is 10.5 Å². The van der Waals surface area contributed by atoms with Gasteiger partial charge in [-0.2, -0.15) is 0 Å². The normalized spacial score (nSPS) is 16.6. The Morgan fingerprint density at radius 3 is 2.47 bits per heavy atom. The maximum absolute atomic E-state index is 12.1. The zero-order valence-corrected chi connectivity index (χ0v) is 17.2. The largest absolute Gasteiger partial charge is 0.491 e. The lowest BCUT2D eigenvalue weighted by molar-refractivity contribution is 0.100. The van der Waals surface area contributed by atoms with Gasteiger partial charge < -0.3 is 20.6 Å². The van der Waals surface area contributed by atoms with Crippen molar-refractivity contribution in [2.75, 3.05) is 24.7 Å². The zero-order chi connectivity index (χ0) is 21.3. The van der Waals surface area contributed by atoms with Crippen LogP contribution in [0.4, 0.5) is 0 Å². The molecule has 4 N–H and O–H groups in total. The summed E-state index contributed by atoms with van der Waals surface area (Å²) < 4.78 is 29.0. The number of H-pyrrole nitrogens is 1. The molecule has 1 fully saturated rings. The third-order valence-corrected chi connectivity index (χ3v) is 7.34. The predicted molar refractivity (Wildman–Crippen MR) is 115 cm³/mol. The van der Waals surface area contributed by atoms with Crippen molar-refractivity contribution >= 4 is 26.6 Å². The van der Waals surface area contributed by atoms with Crippen molar-refractivity contribution in [1.29, 1.82) is 0 Å². The minimum Gasteiger partial charge on any atom is -0.491 e. The molecule has 0 unspecified atom stereocenters. The highest BCUT2D eigenvalue weighted by Crippen LogP contribution is 2.37. The van der Waals surface area contributed by atoms with E-state index in [1.807, 2.05) is 36.5 Å². The average molecular weight is 429 g/mol. The van der Waals surface area contributed by atoms with Crippen LogP contribution in [0.15, 0.2) is 42.6 Å². The van der Waals surface area contributed by atoms with Crippen LogP contribution in [0.25, 0.3) is 22.0 Å². The Kier molecular flexibility index (Phi) is 5.53. The molecule has 4 rings (SSSR count). The van der Waals surface area contributed by atoms with Crippen LogP contribution in [0.2, 0.25) is 0 Å².